The average molecular weight is 256 g/mol. The highest BCUT2D eigenvalue weighted by molar-refractivity contribution is 9.10. The zero-order chi connectivity index (χ0) is 9.97. The van der Waals surface area contributed by atoms with E-state index in [1.807, 2.05) is 6.07 Å². The molecule has 0 amide bonds. The molecule has 0 spiro atoms. The molecule has 2 unspecified atom stereocenters. The fourth-order valence-corrected chi connectivity index (χ4v) is 2.30. The lowest BCUT2D eigenvalue weighted by Crippen LogP contribution is -2.41. The molecule has 1 aliphatic heterocycles. The molecule has 14 heavy (non-hydrogen) atoms. The van der Waals surface area contributed by atoms with Gasteiger partial charge in [0.05, 0.1) is 19.3 Å². The predicted molar refractivity (Wildman–Crippen MR) is 60.3 cm³/mol. The van der Waals surface area contributed by atoms with Crippen molar-refractivity contribution in [3.05, 3.63) is 34.3 Å². The van der Waals surface area contributed by atoms with Gasteiger partial charge in [-0.1, -0.05) is 34.1 Å². The first-order chi connectivity index (χ1) is 6.77. The molecule has 0 aromatic heterocycles. The molecule has 2 rings (SSSR count). The highest BCUT2D eigenvalue weighted by Crippen LogP contribution is 2.25. The van der Waals surface area contributed by atoms with E-state index in [0.29, 0.717) is 12.1 Å². The van der Waals surface area contributed by atoms with Crippen LogP contribution in [0.2, 0.25) is 0 Å². The SMILES string of the molecule is CC1COCC(c2ccccc2Br)N1. The van der Waals surface area contributed by atoms with E-state index < -0.39 is 0 Å². The van der Waals surface area contributed by atoms with Crippen molar-refractivity contribution in [1.29, 1.82) is 0 Å². The van der Waals surface area contributed by atoms with Crippen LogP contribution in [-0.2, 0) is 4.74 Å². The van der Waals surface area contributed by atoms with Crippen LogP contribution in [0.3, 0.4) is 0 Å². The van der Waals surface area contributed by atoms with Crippen LogP contribution in [-0.4, -0.2) is 19.3 Å². The van der Waals surface area contributed by atoms with Crippen molar-refractivity contribution < 1.29 is 4.74 Å². The molecule has 1 aliphatic rings. The summed E-state index contributed by atoms with van der Waals surface area (Å²) in [6, 6.07) is 9.02. The summed E-state index contributed by atoms with van der Waals surface area (Å²) in [6.45, 7) is 3.71. The Morgan fingerprint density at radius 1 is 1.36 bits per heavy atom. The highest BCUT2D eigenvalue weighted by Gasteiger charge is 2.20. The third-order valence-corrected chi connectivity index (χ3v) is 3.14. The summed E-state index contributed by atoms with van der Waals surface area (Å²) >= 11 is 3.56. The highest BCUT2D eigenvalue weighted by atomic mass is 79.9. The number of hydrogen-bond acceptors (Lipinski definition) is 2. The Balaban J connectivity index is 2.18. The van der Waals surface area contributed by atoms with Crippen LogP contribution in [0.5, 0.6) is 0 Å². The number of halogens is 1. The summed E-state index contributed by atoms with van der Waals surface area (Å²) in [5, 5.41) is 3.52. The van der Waals surface area contributed by atoms with Crippen LogP contribution in [0.1, 0.15) is 18.5 Å². The fraction of sp³-hybridized carbons (Fsp3) is 0.455. The number of rotatable bonds is 1. The monoisotopic (exact) mass is 255 g/mol. The Hall–Kier alpha value is -0.380. The standard InChI is InChI=1S/C11H14BrNO/c1-8-6-14-7-11(13-8)9-4-2-3-5-10(9)12/h2-5,8,11,13H,6-7H2,1H3. The van der Waals surface area contributed by atoms with Gasteiger partial charge in [-0.3, -0.25) is 0 Å². The third kappa shape index (κ3) is 2.16. The van der Waals surface area contributed by atoms with Crippen LogP contribution in [0.4, 0.5) is 0 Å². The van der Waals surface area contributed by atoms with E-state index in [9.17, 15) is 0 Å². The maximum absolute atomic E-state index is 5.52. The Labute approximate surface area is 92.8 Å². The molecular formula is C11H14BrNO. The van der Waals surface area contributed by atoms with Gasteiger partial charge in [-0.25, -0.2) is 0 Å². The summed E-state index contributed by atoms with van der Waals surface area (Å²) in [7, 11) is 0. The first-order valence-electron chi connectivity index (χ1n) is 4.85. The van der Waals surface area contributed by atoms with Gasteiger partial charge >= 0.3 is 0 Å². The zero-order valence-corrected chi connectivity index (χ0v) is 9.75. The number of ether oxygens (including phenoxy) is 1. The van der Waals surface area contributed by atoms with Gasteiger partial charge in [0.2, 0.25) is 0 Å². The smallest absolute Gasteiger partial charge is 0.0662 e. The summed E-state index contributed by atoms with van der Waals surface area (Å²) in [5.41, 5.74) is 1.28. The molecule has 0 saturated carbocycles. The van der Waals surface area contributed by atoms with Gasteiger partial charge < -0.3 is 10.1 Å². The first-order valence-corrected chi connectivity index (χ1v) is 5.65. The van der Waals surface area contributed by atoms with E-state index in [0.717, 1.165) is 17.7 Å². The van der Waals surface area contributed by atoms with Crippen molar-refractivity contribution in [2.75, 3.05) is 13.2 Å². The molecule has 1 fully saturated rings. The molecule has 1 aromatic rings. The fourth-order valence-electron chi connectivity index (χ4n) is 1.74. The molecule has 1 N–H and O–H groups in total. The number of hydrogen-bond donors (Lipinski definition) is 1. The van der Waals surface area contributed by atoms with Crippen molar-refractivity contribution in [1.82, 2.24) is 5.32 Å². The lowest BCUT2D eigenvalue weighted by atomic mass is 10.1. The van der Waals surface area contributed by atoms with Crippen molar-refractivity contribution in [2.45, 2.75) is 19.0 Å². The molecule has 2 atom stereocenters. The van der Waals surface area contributed by atoms with Crippen LogP contribution in [0, 0.1) is 0 Å². The summed E-state index contributed by atoms with van der Waals surface area (Å²) in [5.74, 6) is 0. The van der Waals surface area contributed by atoms with E-state index in [2.05, 4.69) is 46.4 Å². The molecule has 0 bridgehead atoms. The Morgan fingerprint density at radius 3 is 2.86 bits per heavy atom. The molecule has 0 radical (unpaired) electrons. The average Bonchev–Trinajstić information content (AvgIpc) is 2.18. The number of benzene rings is 1. The van der Waals surface area contributed by atoms with E-state index in [1.54, 1.807) is 0 Å². The summed E-state index contributed by atoms with van der Waals surface area (Å²) in [4.78, 5) is 0. The number of morpholine rings is 1. The van der Waals surface area contributed by atoms with Crippen molar-refractivity contribution in [3.8, 4) is 0 Å². The van der Waals surface area contributed by atoms with E-state index in [4.69, 9.17) is 4.74 Å². The minimum atomic E-state index is 0.314. The van der Waals surface area contributed by atoms with Crippen molar-refractivity contribution in [3.63, 3.8) is 0 Å². The normalized spacial score (nSPS) is 27.6. The third-order valence-electron chi connectivity index (χ3n) is 2.42. The predicted octanol–water partition coefficient (Wildman–Crippen LogP) is 2.50. The maximum atomic E-state index is 5.52. The second-order valence-corrected chi connectivity index (χ2v) is 4.53. The Kier molecular flexibility index (Phi) is 3.21. The molecule has 3 heteroatoms. The van der Waals surface area contributed by atoms with Gasteiger partial charge in [0.1, 0.15) is 0 Å². The Morgan fingerprint density at radius 2 is 2.14 bits per heavy atom. The van der Waals surface area contributed by atoms with E-state index >= 15 is 0 Å². The lowest BCUT2D eigenvalue weighted by Gasteiger charge is -2.29. The lowest BCUT2D eigenvalue weighted by molar-refractivity contribution is 0.0502. The van der Waals surface area contributed by atoms with Crippen LogP contribution in [0.15, 0.2) is 28.7 Å². The second-order valence-electron chi connectivity index (χ2n) is 3.68. The van der Waals surface area contributed by atoms with Gasteiger partial charge in [0.15, 0.2) is 0 Å². The van der Waals surface area contributed by atoms with Crippen molar-refractivity contribution >= 4 is 15.9 Å². The zero-order valence-electron chi connectivity index (χ0n) is 8.16. The van der Waals surface area contributed by atoms with Gasteiger partial charge in [0, 0.05) is 10.5 Å². The van der Waals surface area contributed by atoms with Gasteiger partial charge in [0.25, 0.3) is 0 Å². The molecule has 1 heterocycles. The Bertz CT molecular complexity index is 316. The molecule has 2 nitrogen and oxygen atoms in total. The quantitative estimate of drug-likeness (QED) is 0.833. The van der Waals surface area contributed by atoms with Gasteiger partial charge in [-0.05, 0) is 18.6 Å². The molecule has 1 aromatic carbocycles. The largest absolute Gasteiger partial charge is 0.378 e. The molecule has 0 aliphatic carbocycles. The minimum absolute atomic E-state index is 0.314. The summed E-state index contributed by atoms with van der Waals surface area (Å²) in [6.07, 6.45) is 0. The van der Waals surface area contributed by atoms with E-state index in [-0.39, 0.29) is 0 Å². The molecule has 1 saturated heterocycles. The van der Waals surface area contributed by atoms with Gasteiger partial charge in [-0.2, -0.15) is 0 Å². The second kappa shape index (κ2) is 4.43. The van der Waals surface area contributed by atoms with Gasteiger partial charge in [-0.15, -0.1) is 0 Å². The maximum Gasteiger partial charge on any atom is 0.0662 e. The van der Waals surface area contributed by atoms with Crippen LogP contribution < -0.4 is 5.32 Å². The van der Waals surface area contributed by atoms with E-state index in [1.165, 1.54) is 5.56 Å². The first kappa shape index (κ1) is 10.1. The van der Waals surface area contributed by atoms with Crippen LogP contribution in [0.25, 0.3) is 0 Å². The number of nitrogens with one attached hydrogen (secondary N) is 1. The van der Waals surface area contributed by atoms with Crippen molar-refractivity contribution in [2.24, 2.45) is 0 Å². The molecular weight excluding hydrogens is 242 g/mol. The molecule has 76 valence electrons. The topological polar surface area (TPSA) is 21.3 Å². The van der Waals surface area contributed by atoms with Crippen LogP contribution >= 0.6 is 15.9 Å². The minimum Gasteiger partial charge on any atom is -0.378 e. The summed E-state index contributed by atoms with van der Waals surface area (Å²) < 4.78 is 6.67.